The third-order valence-electron chi connectivity index (χ3n) is 3.54. The molecular weight excluding hydrogens is 288 g/mol. The zero-order chi connectivity index (χ0) is 15.4. The molecule has 0 saturated carbocycles. The second-order valence-electron chi connectivity index (χ2n) is 5.23. The third-order valence-corrected chi connectivity index (χ3v) is 4.24. The number of carbonyl (C=O) groups excluding carboxylic acids is 1. The summed E-state index contributed by atoms with van der Waals surface area (Å²) in [6.45, 7) is 5.80. The van der Waals surface area contributed by atoms with Gasteiger partial charge in [0.1, 0.15) is 5.76 Å². The van der Waals surface area contributed by atoms with E-state index in [2.05, 4.69) is 10.5 Å². The topological polar surface area (TPSA) is 75.4 Å². The molecule has 0 spiro atoms. The summed E-state index contributed by atoms with van der Waals surface area (Å²) in [6, 6.07) is 1.86. The van der Waals surface area contributed by atoms with E-state index in [4.69, 9.17) is 4.52 Å². The van der Waals surface area contributed by atoms with Gasteiger partial charge in [0.25, 0.3) is 0 Å². The summed E-state index contributed by atoms with van der Waals surface area (Å²) >= 11 is 1.52. The maximum atomic E-state index is 12.1. The Morgan fingerprint density at radius 3 is 2.86 bits per heavy atom. The highest BCUT2D eigenvalue weighted by Crippen LogP contribution is 2.18. The smallest absolute Gasteiger partial charge is 0.223 e. The first-order valence-corrected chi connectivity index (χ1v) is 7.83. The molecule has 114 valence electrons. The summed E-state index contributed by atoms with van der Waals surface area (Å²) in [4.78, 5) is 12.1. The van der Waals surface area contributed by atoms with Gasteiger partial charge in [-0.15, -0.1) is 0 Å². The Hall–Kier alpha value is -1.66. The molecule has 2 aromatic rings. The van der Waals surface area contributed by atoms with Crippen LogP contribution in [-0.2, 0) is 11.2 Å². The molecule has 2 unspecified atom stereocenters. The van der Waals surface area contributed by atoms with E-state index in [1.807, 2.05) is 37.6 Å². The molecule has 0 saturated heterocycles. The summed E-state index contributed by atoms with van der Waals surface area (Å²) in [5, 5.41) is 20.4. The molecule has 0 aliphatic rings. The molecule has 2 heterocycles. The van der Waals surface area contributed by atoms with Crippen molar-refractivity contribution in [3.05, 3.63) is 39.4 Å². The lowest BCUT2D eigenvalue weighted by Crippen LogP contribution is -2.33. The van der Waals surface area contributed by atoms with Gasteiger partial charge in [0, 0.05) is 18.0 Å². The Bertz CT molecular complexity index is 573. The second-order valence-corrected chi connectivity index (χ2v) is 6.01. The number of aryl methyl sites for hydroxylation is 2. The number of nitrogens with zero attached hydrogens (tertiary/aromatic N) is 1. The SMILES string of the molecule is Cc1noc(C)c1CC(C)C(=O)NCC(O)c1ccsc1. The molecule has 2 aromatic heterocycles. The maximum Gasteiger partial charge on any atom is 0.223 e. The van der Waals surface area contributed by atoms with E-state index in [9.17, 15) is 9.90 Å². The van der Waals surface area contributed by atoms with Gasteiger partial charge in [0.15, 0.2) is 0 Å². The Morgan fingerprint density at radius 1 is 1.52 bits per heavy atom. The number of hydrogen-bond acceptors (Lipinski definition) is 5. The number of rotatable bonds is 6. The number of nitrogens with one attached hydrogen (secondary N) is 1. The fourth-order valence-corrected chi connectivity index (χ4v) is 2.85. The molecule has 21 heavy (non-hydrogen) atoms. The van der Waals surface area contributed by atoms with Gasteiger partial charge in [-0.25, -0.2) is 0 Å². The highest BCUT2D eigenvalue weighted by atomic mass is 32.1. The molecule has 1 amide bonds. The number of hydrogen-bond donors (Lipinski definition) is 2. The molecule has 2 rings (SSSR count). The number of thiophene rings is 1. The van der Waals surface area contributed by atoms with Crippen LogP contribution in [0.2, 0.25) is 0 Å². The largest absolute Gasteiger partial charge is 0.387 e. The summed E-state index contributed by atoms with van der Waals surface area (Å²) < 4.78 is 5.10. The van der Waals surface area contributed by atoms with Crippen LogP contribution in [0.1, 0.15) is 35.6 Å². The van der Waals surface area contributed by atoms with E-state index in [0.29, 0.717) is 6.42 Å². The molecule has 0 bridgehead atoms. The van der Waals surface area contributed by atoms with Crippen LogP contribution in [0.3, 0.4) is 0 Å². The molecule has 5 nitrogen and oxygen atoms in total. The maximum absolute atomic E-state index is 12.1. The van der Waals surface area contributed by atoms with Crippen molar-refractivity contribution in [3.63, 3.8) is 0 Å². The minimum Gasteiger partial charge on any atom is -0.387 e. The average Bonchev–Trinajstić information content (AvgIpc) is 3.09. The fourth-order valence-electron chi connectivity index (χ4n) is 2.15. The van der Waals surface area contributed by atoms with Crippen LogP contribution in [0.15, 0.2) is 21.3 Å². The van der Waals surface area contributed by atoms with Gasteiger partial charge in [-0.05, 0) is 42.7 Å². The van der Waals surface area contributed by atoms with E-state index < -0.39 is 6.10 Å². The molecule has 2 N–H and O–H groups in total. The summed E-state index contributed by atoms with van der Waals surface area (Å²) in [5.41, 5.74) is 2.64. The molecule has 6 heteroatoms. The van der Waals surface area contributed by atoms with Crippen molar-refractivity contribution in [2.45, 2.75) is 33.3 Å². The van der Waals surface area contributed by atoms with Crippen LogP contribution in [0, 0.1) is 19.8 Å². The van der Waals surface area contributed by atoms with Gasteiger partial charge in [0.2, 0.25) is 5.91 Å². The number of aliphatic hydroxyl groups is 1. The fraction of sp³-hybridized carbons (Fsp3) is 0.467. The van der Waals surface area contributed by atoms with Crippen molar-refractivity contribution >= 4 is 17.2 Å². The van der Waals surface area contributed by atoms with Gasteiger partial charge in [-0.3, -0.25) is 4.79 Å². The van der Waals surface area contributed by atoms with Gasteiger partial charge in [0.05, 0.1) is 11.8 Å². The lowest BCUT2D eigenvalue weighted by Gasteiger charge is -2.14. The third kappa shape index (κ3) is 3.92. The summed E-state index contributed by atoms with van der Waals surface area (Å²) in [5.74, 6) is 0.478. The molecule has 0 aromatic carbocycles. The average molecular weight is 308 g/mol. The van der Waals surface area contributed by atoms with E-state index in [1.54, 1.807) is 0 Å². The first kappa shape index (κ1) is 15.7. The molecular formula is C15H20N2O3S. The predicted molar refractivity (Wildman–Crippen MR) is 81.1 cm³/mol. The van der Waals surface area contributed by atoms with Crippen LogP contribution < -0.4 is 5.32 Å². The highest BCUT2D eigenvalue weighted by Gasteiger charge is 2.19. The number of carbonyl (C=O) groups is 1. The van der Waals surface area contributed by atoms with Crippen molar-refractivity contribution in [2.24, 2.45) is 5.92 Å². The van der Waals surface area contributed by atoms with E-state index in [1.165, 1.54) is 11.3 Å². The second kappa shape index (κ2) is 6.87. The monoisotopic (exact) mass is 308 g/mol. The van der Waals surface area contributed by atoms with Crippen molar-refractivity contribution in [2.75, 3.05) is 6.54 Å². The minimum atomic E-state index is -0.661. The first-order chi connectivity index (χ1) is 9.99. The molecule has 0 aliphatic carbocycles. The summed E-state index contributed by atoms with van der Waals surface area (Å²) in [6.07, 6.45) is -0.0758. The van der Waals surface area contributed by atoms with Crippen molar-refractivity contribution in [1.82, 2.24) is 10.5 Å². The molecule has 0 aliphatic heterocycles. The van der Waals surface area contributed by atoms with Crippen LogP contribution in [0.5, 0.6) is 0 Å². The first-order valence-electron chi connectivity index (χ1n) is 6.88. The van der Waals surface area contributed by atoms with Crippen molar-refractivity contribution in [3.8, 4) is 0 Å². The number of aromatic nitrogens is 1. The van der Waals surface area contributed by atoms with Gasteiger partial charge in [-0.1, -0.05) is 12.1 Å². The number of amides is 1. The Kier molecular flexibility index (Phi) is 5.14. The zero-order valence-corrected chi connectivity index (χ0v) is 13.2. The normalized spacial score (nSPS) is 13.9. The van der Waals surface area contributed by atoms with E-state index >= 15 is 0 Å². The highest BCUT2D eigenvalue weighted by molar-refractivity contribution is 7.07. The lowest BCUT2D eigenvalue weighted by atomic mass is 9.99. The van der Waals surface area contributed by atoms with Crippen LogP contribution in [0.4, 0.5) is 0 Å². The minimum absolute atomic E-state index is 0.0794. The van der Waals surface area contributed by atoms with Crippen molar-refractivity contribution in [1.29, 1.82) is 0 Å². The molecule has 0 fully saturated rings. The van der Waals surface area contributed by atoms with Gasteiger partial charge in [-0.2, -0.15) is 11.3 Å². The van der Waals surface area contributed by atoms with Crippen LogP contribution in [0.25, 0.3) is 0 Å². The van der Waals surface area contributed by atoms with Gasteiger partial charge >= 0.3 is 0 Å². The summed E-state index contributed by atoms with van der Waals surface area (Å²) in [7, 11) is 0. The predicted octanol–water partition coefficient (Wildman–Crippen LogP) is 2.38. The Labute approximate surface area is 128 Å². The number of aliphatic hydroxyl groups excluding tert-OH is 1. The Balaban J connectivity index is 1.85. The van der Waals surface area contributed by atoms with E-state index in [0.717, 1.165) is 22.6 Å². The van der Waals surface area contributed by atoms with E-state index in [-0.39, 0.29) is 18.4 Å². The lowest BCUT2D eigenvalue weighted by molar-refractivity contribution is -0.124. The van der Waals surface area contributed by atoms with Crippen LogP contribution in [-0.4, -0.2) is 22.7 Å². The molecule has 0 radical (unpaired) electrons. The van der Waals surface area contributed by atoms with Crippen molar-refractivity contribution < 1.29 is 14.4 Å². The standard InChI is InChI=1S/C15H20N2O3S/c1-9(6-13-10(2)17-20-11(13)3)15(19)16-7-14(18)12-4-5-21-8-12/h4-5,8-9,14,18H,6-7H2,1-3H3,(H,16,19). The zero-order valence-electron chi connectivity index (χ0n) is 12.4. The van der Waals surface area contributed by atoms with Crippen LogP contribution >= 0.6 is 11.3 Å². The molecule has 2 atom stereocenters. The van der Waals surface area contributed by atoms with Gasteiger partial charge < -0.3 is 14.9 Å². The Morgan fingerprint density at radius 2 is 2.29 bits per heavy atom. The quantitative estimate of drug-likeness (QED) is 0.859.